The number of carbonyl (C=O) groups is 2. The number of esters is 1. The van der Waals surface area contributed by atoms with Crippen LogP contribution in [0.3, 0.4) is 0 Å². The van der Waals surface area contributed by atoms with Crippen molar-refractivity contribution in [2.45, 2.75) is 0 Å². The molecule has 7 nitrogen and oxygen atoms in total. The quantitative estimate of drug-likeness (QED) is 0.510. The molecule has 0 spiro atoms. The van der Waals surface area contributed by atoms with Crippen molar-refractivity contribution in [3.8, 4) is 5.75 Å². The predicted molar refractivity (Wildman–Crippen MR) is 101 cm³/mol. The highest BCUT2D eigenvalue weighted by molar-refractivity contribution is 7.22. The van der Waals surface area contributed by atoms with E-state index in [9.17, 15) is 9.59 Å². The Hall–Kier alpha value is -2.84. The van der Waals surface area contributed by atoms with Crippen LogP contribution in [0.1, 0.15) is 10.4 Å². The van der Waals surface area contributed by atoms with E-state index in [1.54, 1.807) is 0 Å². The molecule has 0 aliphatic carbocycles. The molecule has 3 N–H and O–H groups in total. The maximum Gasteiger partial charge on any atom is 0.342 e. The van der Waals surface area contributed by atoms with Gasteiger partial charge in [-0.1, -0.05) is 35.1 Å². The number of aromatic nitrogens is 1. The van der Waals surface area contributed by atoms with Crippen LogP contribution in [-0.2, 0) is 9.53 Å². The van der Waals surface area contributed by atoms with Gasteiger partial charge in [-0.2, -0.15) is 0 Å². The Bertz CT molecular complexity index is 956. The molecule has 0 saturated heterocycles. The number of hydrogen-bond acceptors (Lipinski definition) is 7. The molecule has 0 aliphatic heterocycles. The second-order valence-electron chi connectivity index (χ2n) is 5.19. The van der Waals surface area contributed by atoms with E-state index in [4.69, 9.17) is 26.8 Å². The zero-order chi connectivity index (χ0) is 18.7. The van der Waals surface area contributed by atoms with Crippen LogP contribution in [0.5, 0.6) is 5.75 Å². The first kappa shape index (κ1) is 18.0. The first-order chi connectivity index (χ1) is 12.5. The number of anilines is 2. The lowest BCUT2D eigenvalue weighted by Crippen LogP contribution is -2.21. The van der Waals surface area contributed by atoms with Crippen molar-refractivity contribution < 1.29 is 19.1 Å². The molecule has 0 saturated carbocycles. The van der Waals surface area contributed by atoms with Gasteiger partial charge in [0.15, 0.2) is 11.7 Å². The molecular formula is C17H14ClN3O4S. The molecule has 1 aromatic heterocycles. The van der Waals surface area contributed by atoms with Gasteiger partial charge in [0.05, 0.1) is 28.0 Å². The largest absolute Gasteiger partial charge is 0.496 e. The number of nitrogens with zero attached hydrogens (tertiary/aromatic N) is 1. The number of methoxy groups -OCH3 is 1. The molecule has 134 valence electrons. The highest BCUT2D eigenvalue weighted by atomic mass is 35.5. The minimum atomic E-state index is -0.747. The normalized spacial score (nSPS) is 10.5. The van der Waals surface area contributed by atoms with Crippen LogP contribution in [0.4, 0.5) is 10.8 Å². The van der Waals surface area contributed by atoms with Crippen molar-refractivity contribution in [2.75, 3.05) is 24.8 Å². The summed E-state index contributed by atoms with van der Waals surface area (Å²) in [6.45, 7) is -0.472. The lowest BCUT2D eigenvalue weighted by Gasteiger charge is -2.10. The van der Waals surface area contributed by atoms with Crippen LogP contribution >= 0.6 is 22.9 Å². The van der Waals surface area contributed by atoms with Gasteiger partial charge in [0.1, 0.15) is 11.3 Å². The molecule has 1 heterocycles. The lowest BCUT2D eigenvalue weighted by atomic mass is 10.2. The highest BCUT2D eigenvalue weighted by Crippen LogP contribution is 2.29. The maximum atomic E-state index is 12.2. The van der Waals surface area contributed by atoms with Gasteiger partial charge in [-0.15, -0.1) is 0 Å². The number of carbonyl (C=O) groups excluding carboxylic acids is 2. The maximum absolute atomic E-state index is 12.2. The molecular weight excluding hydrogens is 378 g/mol. The third kappa shape index (κ3) is 3.87. The van der Waals surface area contributed by atoms with Crippen LogP contribution in [0.15, 0.2) is 36.4 Å². The van der Waals surface area contributed by atoms with Gasteiger partial charge in [0.2, 0.25) is 0 Å². The minimum Gasteiger partial charge on any atom is -0.496 e. The van der Waals surface area contributed by atoms with Crippen molar-refractivity contribution in [1.29, 1.82) is 0 Å². The van der Waals surface area contributed by atoms with Gasteiger partial charge in [-0.3, -0.25) is 10.1 Å². The van der Waals surface area contributed by atoms with Crippen molar-refractivity contribution in [2.24, 2.45) is 0 Å². The van der Waals surface area contributed by atoms with Gasteiger partial charge < -0.3 is 15.2 Å². The number of ether oxygens (including phenoxy) is 2. The summed E-state index contributed by atoms with van der Waals surface area (Å²) in [5.41, 5.74) is 6.81. The molecule has 0 fully saturated rings. The van der Waals surface area contributed by atoms with Gasteiger partial charge in [-0.05, 0) is 18.2 Å². The second-order valence-corrected chi connectivity index (χ2v) is 6.62. The Morgan fingerprint density at radius 2 is 2.08 bits per heavy atom. The highest BCUT2D eigenvalue weighted by Gasteiger charge is 2.18. The SMILES string of the molecule is COc1cc(N)c(Cl)cc1C(=O)OCC(=O)Nc1nc2ccccc2s1. The number of benzene rings is 2. The lowest BCUT2D eigenvalue weighted by molar-refractivity contribution is -0.119. The second kappa shape index (κ2) is 7.59. The summed E-state index contributed by atoms with van der Waals surface area (Å²) in [5, 5.41) is 3.22. The monoisotopic (exact) mass is 391 g/mol. The average Bonchev–Trinajstić information content (AvgIpc) is 3.03. The molecule has 3 rings (SSSR count). The predicted octanol–water partition coefficient (Wildman–Crippen LogP) is 3.34. The van der Waals surface area contributed by atoms with E-state index in [0.29, 0.717) is 5.13 Å². The van der Waals surface area contributed by atoms with Gasteiger partial charge in [-0.25, -0.2) is 9.78 Å². The standard InChI is InChI=1S/C17H14ClN3O4S/c1-24-13-7-11(19)10(18)6-9(13)16(23)25-8-15(22)21-17-20-12-4-2-3-5-14(12)26-17/h2-7H,8,19H2,1H3,(H,20,21,22). The Kier molecular flexibility index (Phi) is 5.24. The van der Waals surface area contributed by atoms with Crippen molar-refractivity contribution in [3.05, 3.63) is 47.0 Å². The first-order valence-electron chi connectivity index (χ1n) is 7.43. The fourth-order valence-electron chi connectivity index (χ4n) is 2.19. The molecule has 0 unspecified atom stereocenters. The van der Waals surface area contributed by atoms with Crippen LogP contribution in [0.2, 0.25) is 5.02 Å². The van der Waals surface area contributed by atoms with Gasteiger partial charge in [0.25, 0.3) is 5.91 Å². The Morgan fingerprint density at radius 1 is 1.31 bits per heavy atom. The number of thiazole rings is 1. The van der Waals surface area contributed by atoms with Crippen LogP contribution < -0.4 is 15.8 Å². The van der Waals surface area contributed by atoms with Crippen molar-refractivity contribution >= 4 is 55.8 Å². The van der Waals surface area contributed by atoms with Crippen molar-refractivity contribution in [3.63, 3.8) is 0 Å². The minimum absolute atomic E-state index is 0.0829. The van der Waals surface area contributed by atoms with Gasteiger partial charge in [0, 0.05) is 6.07 Å². The van der Waals surface area contributed by atoms with Crippen molar-refractivity contribution in [1.82, 2.24) is 4.98 Å². The molecule has 0 aliphatic rings. The number of rotatable bonds is 5. The van der Waals surface area contributed by atoms with E-state index in [2.05, 4.69) is 10.3 Å². The molecule has 0 bridgehead atoms. The van der Waals surface area contributed by atoms with E-state index in [1.165, 1.54) is 30.6 Å². The molecule has 26 heavy (non-hydrogen) atoms. The fraction of sp³-hybridized carbons (Fsp3) is 0.118. The van der Waals surface area contributed by atoms with E-state index in [1.807, 2.05) is 24.3 Å². The molecule has 1 amide bonds. The molecule has 2 aromatic carbocycles. The smallest absolute Gasteiger partial charge is 0.342 e. The Morgan fingerprint density at radius 3 is 2.81 bits per heavy atom. The van der Waals surface area contributed by atoms with Crippen LogP contribution in [-0.4, -0.2) is 30.6 Å². The summed E-state index contributed by atoms with van der Waals surface area (Å²) in [5.74, 6) is -1.04. The zero-order valence-electron chi connectivity index (χ0n) is 13.6. The summed E-state index contributed by atoms with van der Waals surface area (Å²) < 4.78 is 11.1. The summed E-state index contributed by atoms with van der Waals surface area (Å²) in [6.07, 6.45) is 0. The molecule has 0 atom stereocenters. The topological polar surface area (TPSA) is 104 Å². The number of nitrogens with one attached hydrogen (secondary N) is 1. The Labute approximate surface area is 157 Å². The number of amides is 1. The number of nitrogen functional groups attached to an aromatic ring is 1. The number of hydrogen-bond donors (Lipinski definition) is 2. The summed E-state index contributed by atoms with van der Waals surface area (Å²) in [4.78, 5) is 28.5. The van der Waals surface area contributed by atoms with E-state index < -0.39 is 18.5 Å². The summed E-state index contributed by atoms with van der Waals surface area (Å²) in [6, 6.07) is 10.3. The molecule has 9 heteroatoms. The molecule has 0 radical (unpaired) electrons. The Balaban J connectivity index is 1.64. The number of halogens is 1. The average molecular weight is 392 g/mol. The fourth-order valence-corrected chi connectivity index (χ4v) is 3.23. The summed E-state index contributed by atoms with van der Waals surface area (Å²) >= 11 is 7.25. The zero-order valence-corrected chi connectivity index (χ0v) is 15.2. The van der Waals surface area contributed by atoms with E-state index in [0.717, 1.165) is 10.2 Å². The van der Waals surface area contributed by atoms with Gasteiger partial charge >= 0.3 is 5.97 Å². The third-order valence-electron chi connectivity index (χ3n) is 3.41. The summed E-state index contributed by atoms with van der Waals surface area (Å²) in [7, 11) is 1.39. The van der Waals surface area contributed by atoms with E-state index >= 15 is 0 Å². The number of fused-ring (bicyclic) bond motifs is 1. The third-order valence-corrected chi connectivity index (χ3v) is 4.69. The number of nitrogens with two attached hydrogens (primary N) is 1. The number of para-hydroxylation sites is 1. The van der Waals surface area contributed by atoms with Crippen LogP contribution in [0, 0.1) is 0 Å². The van der Waals surface area contributed by atoms with Crippen LogP contribution in [0.25, 0.3) is 10.2 Å². The van der Waals surface area contributed by atoms with E-state index in [-0.39, 0.29) is 22.0 Å². The first-order valence-corrected chi connectivity index (χ1v) is 8.63. The molecule has 3 aromatic rings.